The zero-order valence-corrected chi connectivity index (χ0v) is 9.79. The molecule has 0 aliphatic rings. The van der Waals surface area contributed by atoms with E-state index in [1.54, 1.807) is 0 Å². The van der Waals surface area contributed by atoms with E-state index in [1.165, 1.54) is 5.56 Å². The first kappa shape index (κ1) is 14.0. The van der Waals surface area contributed by atoms with Crippen molar-refractivity contribution in [1.82, 2.24) is 0 Å². The van der Waals surface area contributed by atoms with Crippen LogP contribution < -0.4 is 4.74 Å². The SMILES string of the molecule is C.CC(C)Oc1cccc(C(C)(C)C)c1. The second kappa shape index (κ2) is 5.20. The molecule has 0 atom stereocenters. The molecule has 0 N–H and O–H groups in total. The van der Waals surface area contributed by atoms with Gasteiger partial charge in [-0.1, -0.05) is 40.3 Å². The average Bonchev–Trinajstić information content (AvgIpc) is 2.01. The fourth-order valence-electron chi connectivity index (χ4n) is 1.31. The van der Waals surface area contributed by atoms with Gasteiger partial charge in [-0.05, 0) is 37.0 Å². The number of hydrogen-bond donors (Lipinski definition) is 0. The molecule has 0 aliphatic carbocycles. The maximum absolute atomic E-state index is 5.65. The van der Waals surface area contributed by atoms with Gasteiger partial charge in [0.05, 0.1) is 6.10 Å². The maximum Gasteiger partial charge on any atom is 0.119 e. The highest BCUT2D eigenvalue weighted by molar-refractivity contribution is 5.32. The van der Waals surface area contributed by atoms with Gasteiger partial charge in [0.1, 0.15) is 5.75 Å². The quantitative estimate of drug-likeness (QED) is 0.699. The standard InChI is InChI=1S/C13H20O.CH4/c1-10(2)14-12-8-6-7-11(9-12)13(3,4)5;/h6-10H,1-5H3;1H4. The van der Waals surface area contributed by atoms with Gasteiger partial charge < -0.3 is 4.74 Å². The Kier molecular flexibility index (Phi) is 4.86. The van der Waals surface area contributed by atoms with Crippen LogP contribution in [0, 0.1) is 0 Å². The highest BCUT2D eigenvalue weighted by Crippen LogP contribution is 2.25. The second-order valence-electron chi connectivity index (χ2n) is 4.94. The smallest absolute Gasteiger partial charge is 0.119 e. The van der Waals surface area contributed by atoms with Crippen LogP contribution in [0.25, 0.3) is 0 Å². The third-order valence-electron chi connectivity index (χ3n) is 2.07. The summed E-state index contributed by atoms with van der Waals surface area (Å²) in [5.41, 5.74) is 1.51. The highest BCUT2D eigenvalue weighted by Gasteiger charge is 2.13. The van der Waals surface area contributed by atoms with Crippen LogP contribution in [0.15, 0.2) is 24.3 Å². The molecule has 1 aromatic rings. The lowest BCUT2D eigenvalue weighted by Crippen LogP contribution is -2.12. The maximum atomic E-state index is 5.65. The minimum absolute atomic E-state index is 0. The predicted octanol–water partition coefficient (Wildman–Crippen LogP) is 4.41. The fourth-order valence-corrected chi connectivity index (χ4v) is 1.31. The van der Waals surface area contributed by atoms with E-state index in [9.17, 15) is 0 Å². The normalized spacial score (nSPS) is 11.1. The Morgan fingerprint density at radius 1 is 1.13 bits per heavy atom. The molecule has 0 radical (unpaired) electrons. The van der Waals surface area contributed by atoms with Gasteiger partial charge in [-0.15, -0.1) is 0 Å². The first-order chi connectivity index (χ1) is 6.39. The van der Waals surface area contributed by atoms with Crippen LogP contribution in [0.5, 0.6) is 5.75 Å². The Morgan fingerprint density at radius 3 is 2.20 bits per heavy atom. The minimum atomic E-state index is 0. The van der Waals surface area contributed by atoms with E-state index in [0.717, 1.165) is 5.75 Å². The Labute approximate surface area is 94.5 Å². The Balaban J connectivity index is 0.00000196. The zero-order valence-electron chi connectivity index (χ0n) is 9.79. The second-order valence-corrected chi connectivity index (χ2v) is 4.94. The molecular formula is C14H24O. The molecule has 1 nitrogen and oxygen atoms in total. The van der Waals surface area contributed by atoms with Crippen molar-refractivity contribution in [3.63, 3.8) is 0 Å². The van der Waals surface area contributed by atoms with E-state index in [4.69, 9.17) is 4.74 Å². The van der Waals surface area contributed by atoms with Crippen LogP contribution in [-0.4, -0.2) is 6.10 Å². The average molecular weight is 208 g/mol. The van der Waals surface area contributed by atoms with Gasteiger partial charge in [-0.3, -0.25) is 0 Å². The summed E-state index contributed by atoms with van der Waals surface area (Å²) >= 11 is 0. The number of benzene rings is 1. The van der Waals surface area contributed by atoms with E-state index in [0.29, 0.717) is 0 Å². The molecule has 0 heterocycles. The van der Waals surface area contributed by atoms with Gasteiger partial charge >= 0.3 is 0 Å². The summed E-state index contributed by atoms with van der Waals surface area (Å²) < 4.78 is 5.65. The van der Waals surface area contributed by atoms with Gasteiger partial charge in [0.2, 0.25) is 0 Å². The van der Waals surface area contributed by atoms with Gasteiger partial charge in [-0.25, -0.2) is 0 Å². The summed E-state index contributed by atoms with van der Waals surface area (Å²) in [6.45, 7) is 10.7. The van der Waals surface area contributed by atoms with Crippen molar-refractivity contribution in [2.45, 2.75) is 53.6 Å². The Hall–Kier alpha value is -0.980. The molecule has 1 heteroatoms. The minimum Gasteiger partial charge on any atom is -0.491 e. The molecule has 0 aromatic heterocycles. The molecular weight excluding hydrogens is 184 g/mol. The lowest BCUT2D eigenvalue weighted by Gasteiger charge is -2.20. The van der Waals surface area contributed by atoms with Crippen LogP contribution in [-0.2, 0) is 5.41 Å². The molecule has 0 fully saturated rings. The molecule has 0 aliphatic heterocycles. The molecule has 0 bridgehead atoms. The summed E-state index contributed by atoms with van der Waals surface area (Å²) in [7, 11) is 0. The van der Waals surface area contributed by atoms with Crippen molar-refractivity contribution in [1.29, 1.82) is 0 Å². The van der Waals surface area contributed by atoms with Gasteiger partial charge in [0.15, 0.2) is 0 Å². The number of ether oxygens (including phenoxy) is 1. The summed E-state index contributed by atoms with van der Waals surface area (Å²) in [6, 6.07) is 8.33. The van der Waals surface area contributed by atoms with Crippen LogP contribution in [0.1, 0.15) is 47.6 Å². The highest BCUT2D eigenvalue weighted by atomic mass is 16.5. The first-order valence-electron chi connectivity index (χ1n) is 5.17. The van der Waals surface area contributed by atoms with Crippen molar-refractivity contribution in [3.05, 3.63) is 29.8 Å². The molecule has 1 aromatic carbocycles. The fraction of sp³-hybridized carbons (Fsp3) is 0.571. The third-order valence-corrected chi connectivity index (χ3v) is 2.07. The summed E-state index contributed by atoms with van der Waals surface area (Å²) in [6.07, 6.45) is 0.241. The molecule has 0 saturated heterocycles. The van der Waals surface area contributed by atoms with Gasteiger partial charge in [0, 0.05) is 0 Å². The lowest BCUT2D eigenvalue weighted by molar-refractivity contribution is 0.242. The molecule has 15 heavy (non-hydrogen) atoms. The van der Waals surface area contributed by atoms with Crippen molar-refractivity contribution >= 4 is 0 Å². The topological polar surface area (TPSA) is 9.23 Å². The molecule has 0 unspecified atom stereocenters. The van der Waals surface area contributed by atoms with Gasteiger partial charge in [0.25, 0.3) is 0 Å². The van der Waals surface area contributed by atoms with Crippen LogP contribution in [0.4, 0.5) is 0 Å². The third kappa shape index (κ3) is 4.37. The molecule has 86 valence electrons. The molecule has 0 amide bonds. The van der Waals surface area contributed by atoms with Crippen LogP contribution in [0.3, 0.4) is 0 Å². The van der Waals surface area contributed by atoms with Crippen molar-refractivity contribution in [2.75, 3.05) is 0 Å². The van der Waals surface area contributed by atoms with E-state index in [2.05, 4.69) is 39.0 Å². The van der Waals surface area contributed by atoms with E-state index in [1.807, 2.05) is 19.9 Å². The van der Waals surface area contributed by atoms with E-state index >= 15 is 0 Å². The Morgan fingerprint density at radius 2 is 1.73 bits per heavy atom. The number of rotatable bonds is 2. The monoisotopic (exact) mass is 208 g/mol. The van der Waals surface area contributed by atoms with Gasteiger partial charge in [-0.2, -0.15) is 0 Å². The summed E-state index contributed by atoms with van der Waals surface area (Å²) in [5, 5.41) is 0. The largest absolute Gasteiger partial charge is 0.491 e. The Bertz CT molecular complexity index is 294. The van der Waals surface area contributed by atoms with Crippen molar-refractivity contribution in [3.8, 4) is 5.75 Å². The molecule has 0 spiro atoms. The van der Waals surface area contributed by atoms with E-state index < -0.39 is 0 Å². The zero-order chi connectivity index (χ0) is 10.8. The molecule has 0 saturated carbocycles. The van der Waals surface area contributed by atoms with E-state index in [-0.39, 0.29) is 18.9 Å². The van der Waals surface area contributed by atoms with Crippen LogP contribution >= 0.6 is 0 Å². The first-order valence-corrected chi connectivity index (χ1v) is 5.17. The number of hydrogen-bond acceptors (Lipinski definition) is 1. The summed E-state index contributed by atoms with van der Waals surface area (Å²) in [4.78, 5) is 0. The summed E-state index contributed by atoms with van der Waals surface area (Å²) in [5.74, 6) is 0.965. The van der Waals surface area contributed by atoms with Crippen LogP contribution in [0.2, 0.25) is 0 Å². The van der Waals surface area contributed by atoms with Crippen molar-refractivity contribution in [2.24, 2.45) is 0 Å². The predicted molar refractivity (Wildman–Crippen MR) is 67.6 cm³/mol. The molecule has 1 rings (SSSR count). The van der Waals surface area contributed by atoms with Crippen molar-refractivity contribution < 1.29 is 4.74 Å². The lowest BCUT2D eigenvalue weighted by atomic mass is 9.87.